The highest BCUT2D eigenvalue weighted by Gasteiger charge is 2.57. The second kappa shape index (κ2) is 5.35. The second-order valence-corrected chi connectivity index (χ2v) is 8.62. The van der Waals surface area contributed by atoms with E-state index in [9.17, 15) is 9.90 Å². The van der Waals surface area contributed by atoms with Crippen LogP contribution in [-0.2, 0) is 18.9 Å². The summed E-state index contributed by atoms with van der Waals surface area (Å²) >= 11 is 0. The van der Waals surface area contributed by atoms with Gasteiger partial charge in [0.25, 0.3) is 5.91 Å². The van der Waals surface area contributed by atoms with E-state index in [1.807, 2.05) is 31.0 Å². The predicted octanol–water partition coefficient (Wildman–Crippen LogP) is 3.19. The van der Waals surface area contributed by atoms with E-state index in [-0.39, 0.29) is 22.8 Å². The molecular formula is C21H27N3O2. The Morgan fingerprint density at radius 1 is 1.31 bits per heavy atom. The van der Waals surface area contributed by atoms with Crippen LogP contribution in [0.5, 0.6) is 5.75 Å². The van der Waals surface area contributed by atoms with Crippen LogP contribution in [0, 0.1) is 12.3 Å². The molecule has 2 aromatic rings. The maximum atomic E-state index is 13.2. The first kappa shape index (κ1) is 17.1. The van der Waals surface area contributed by atoms with Gasteiger partial charge in [-0.15, -0.1) is 0 Å². The molecular weight excluding hydrogens is 326 g/mol. The third-order valence-electron chi connectivity index (χ3n) is 7.22. The van der Waals surface area contributed by atoms with E-state index in [1.165, 1.54) is 5.56 Å². The van der Waals surface area contributed by atoms with Gasteiger partial charge in [-0.05, 0) is 48.4 Å². The Labute approximate surface area is 154 Å². The van der Waals surface area contributed by atoms with Gasteiger partial charge in [0.05, 0.1) is 0 Å². The van der Waals surface area contributed by atoms with Crippen LogP contribution in [0.1, 0.15) is 54.5 Å². The van der Waals surface area contributed by atoms with Crippen molar-refractivity contribution in [2.45, 2.75) is 52.0 Å². The molecule has 2 bridgehead atoms. The van der Waals surface area contributed by atoms with Gasteiger partial charge in [0.2, 0.25) is 0 Å². The quantitative estimate of drug-likeness (QED) is 0.856. The van der Waals surface area contributed by atoms with Gasteiger partial charge in [-0.2, -0.15) is 5.10 Å². The summed E-state index contributed by atoms with van der Waals surface area (Å²) in [6.07, 6.45) is 1.56. The number of likely N-dealkylation sites (tertiary alicyclic amines) is 1. The lowest BCUT2D eigenvalue weighted by Gasteiger charge is -2.60. The molecule has 26 heavy (non-hydrogen) atoms. The van der Waals surface area contributed by atoms with Crippen molar-refractivity contribution in [2.75, 3.05) is 6.54 Å². The lowest BCUT2D eigenvalue weighted by atomic mass is 9.51. The highest BCUT2D eigenvalue weighted by molar-refractivity contribution is 5.93. The molecule has 1 fully saturated rings. The number of rotatable bonds is 1. The van der Waals surface area contributed by atoms with E-state index in [1.54, 1.807) is 10.7 Å². The molecule has 0 saturated carbocycles. The number of nitrogens with zero attached hydrogens (tertiary/aromatic N) is 3. The number of aromatic nitrogens is 2. The van der Waals surface area contributed by atoms with E-state index in [4.69, 9.17) is 0 Å². The Morgan fingerprint density at radius 2 is 2.04 bits per heavy atom. The number of amides is 1. The lowest BCUT2D eigenvalue weighted by molar-refractivity contribution is -0.0269. The van der Waals surface area contributed by atoms with Crippen molar-refractivity contribution in [1.29, 1.82) is 0 Å². The second-order valence-electron chi connectivity index (χ2n) is 8.62. The zero-order chi connectivity index (χ0) is 18.9. The number of benzene rings is 1. The number of carbonyl (C=O) groups excluding carboxylic acids is 1. The van der Waals surface area contributed by atoms with Crippen molar-refractivity contribution in [1.82, 2.24) is 14.7 Å². The molecule has 5 nitrogen and oxygen atoms in total. The van der Waals surface area contributed by atoms with Gasteiger partial charge in [0.15, 0.2) is 5.69 Å². The highest BCUT2D eigenvalue weighted by atomic mass is 16.3. The summed E-state index contributed by atoms with van der Waals surface area (Å²) in [7, 11) is 1.86. The van der Waals surface area contributed by atoms with Crippen LogP contribution >= 0.6 is 0 Å². The van der Waals surface area contributed by atoms with Crippen molar-refractivity contribution in [3.8, 4) is 5.75 Å². The maximum absolute atomic E-state index is 13.2. The fourth-order valence-electron chi connectivity index (χ4n) is 4.98. The van der Waals surface area contributed by atoms with Crippen molar-refractivity contribution in [3.63, 3.8) is 0 Å². The van der Waals surface area contributed by atoms with E-state index in [0.29, 0.717) is 24.4 Å². The summed E-state index contributed by atoms with van der Waals surface area (Å²) in [5, 5.41) is 14.9. The number of phenols is 1. The van der Waals surface area contributed by atoms with Crippen LogP contribution in [0.15, 0.2) is 24.3 Å². The van der Waals surface area contributed by atoms with Crippen LogP contribution in [-0.4, -0.2) is 38.3 Å². The number of fused-ring (bicyclic) bond motifs is 4. The lowest BCUT2D eigenvalue weighted by Crippen LogP contribution is -2.64. The minimum absolute atomic E-state index is 0.00676. The smallest absolute Gasteiger partial charge is 0.274 e. The summed E-state index contributed by atoms with van der Waals surface area (Å²) < 4.78 is 1.74. The molecule has 1 N–H and O–H groups in total. The molecule has 1 aromatic carbocycles. The topological polar surface area (TPSA) is 58.4 Å². The monoisotopic (exact) mass is 353 g/mol. The van der Waals surface area contributed by atoms with Crippen LogP contribution in [0.25, 0.3) is 0 Å². The number of phenolic OH excluding ortho intramolecular Hbond substituents is 1. The van der Waals surface area contributed by atoms with Gasteiger partial charge in [-0.3, -0.25) is 9.48 Å². The summed E-state index contributed by atoms with van der Waals surface area (Å²) in [6, 6.07) is 7.73. The number of aryl methyl sites for hydroxylation is 2. The molecule has 2 aliphatic rings. The molecule has 0 spiro atoms. The van der Waals surface area contributed by atoms with Crippen LogP contribution < -0.4 is 0 Å². The van der Waals surface area contributed by atoms with Gasteiger partial charge in [-0.1, -0.05) is 32.9 Å². The summed E-state index contributed by atoms with van der Waals surface area (Å²) in [5.41, 5.74) is 3.55. The van der Waals surface area contributed by atoms with Crippen molar-refractivity contribution in [2.24, 2.45) is 12.5 Å². The Kier molecular flexibility index (Phi) is 3.52. The number of hydrogen-bond acceptors (Lipinski definition) is 3. The number of piperidine rings is 1. The average molecular weight is 353 g/mol. The fourth-order valence-corrected chi connectivity index (χ4v) is 4.98. The van der Waals surface area contributed by atoms with Gasteiger partial charge in [-0.25, -0.2) is 0 Å². The average Bonchev–Trinajstić information content (AvgIpc) is 2.90. The Bertz CT molecular complexity index is 879. The van der Waals surface area contributed by atoms with Crippen molar-refractivity contribution in [3.05, 3.63) is 46.8 Å². The maximum Gasteiger partial charge on any atom is 0.274 e. The van der Waals surface area contributed by atoms with Gasteiger partial charge in [0.1, 0.15) is 5.75 Å². The molecule has 4 rings (SSSR count). The standard InChI is InChI=1S/C21H27N3O2/c1-13-11-16(22-23(13)5)19(26)24-10-9-21(4)15-7-6-8-17(25)14(15)12-18(24)20(21,2)3/h6-8,11,18,25H,9-10,12H2,1-5H3/t18?,21-/m0/s1. The molecule has 138 valence electrons. The SMILES string of the molecule is Cc1cc(C(=O)N2CC[C@@]3(C)c4cccc(O)c4CC2C3(C)C)nn1C. The third kappa shape index (κ3) is 2.09. The molecule has 2 heterocycles. The van der Waals surface area contributed by atoms with E-state index >= 15 is 0 Å². The van der Waals surface area contributed by atoms with E-state index in [0.717, 1.165) is 17.7 Å². The molecule has 1 saturated heterocycles. The first-order valence-corrected chi connectivity index (χ1v) is 9.30. The Balaban J connectivity index is 1.79. The first-order chi connectivity index (χ1) is 12.2. The zero-order valence-electron chi connectivity index (χ0n) is 16.2. The first-order valence-electron chi connectivity index (χ1n) is 9.30. The van der Waals surface area contributed by atoms with Crippen LogP contribution in [0.4, 0.5) is 0 Å². The van der Waals surface area contributed by atoms with Crippen LogP contribution in [0.3, 0.4) is 0 Å². The largest absolute Gasteiger partial charge is 0.508 e. The van der Waals surface area contributed by atoms with Crippen molar-refractivity contribution >= 4 is 5.91 Å². The third-order valence-corrected chi connectivity index (χ3v) is 7.22. The Morgan fingerprint density at radius 3 is 2.69 bits per heavy atom. The minimum atomic E-state index is -0.0917. The molecule has 1 aromatic heterocycles. The van der Waals surface area contributed by atoms with Crippen LogP contribution in [0.2, 0.25) is 0 Å². The van der Waals surface area contributed by atoms with Crippen molar-refractivity contribution < 1.29 is 9.90 Å². The molecule has 1 unspecified atom stereocenters. The Hall–Kier alpha value is -2.30. The van der Waals surface area contributed by atoms with Gasteiger partial charge in [0, 0.05) is 30.7 Å². The molecule has 1 amide bonds. The highest BCUT2D eigenvalue weighted by Crippen LogP contribution is 2.57. The molecule has 1 aliphatic heterocycles. The molecule has 0 radical (unpaired) electrons. The number of carbonyl (C=O) groups is 1. The van der Waals surface area contributed by atoms with Gasteiger partial charge < -0.3 is 10.0 Å². The van der Waals surface area contributed by atoms with Gasteiger partial charge >= 0.3 is 0 Å². The minimum Gasteiger partial charge on any atom is -0.508 e. The molecule has 1 aliphatic carbocycles. The predicted molar refractivity (Wildman–Crippen MR) is 100 cm³/mol. The fraction of sp³-hybridized carbons (Fsp3) is 0.524. The van der Waals surface area contributed by atoms with E-state index < -0.39 is 0 Å². The molecule has 2 atom stereocenters. The zero-order valence-corrected chi connectivity index (χ0v) is 16.2. The summed E-state index contributed by atoms with van der Waals surface area (Å²) in [6.45, 7) is 9.47. The normalized spacial score (nSPS) is 26.5. The summed E-state index contributed by atoms with van der Waals surface area (Å²) in [5.74, 6) is 0.338. The number of hydrogen-bond donors (Lipinski definition) is 1. The summed E-state index contributed by atoms with van der Waals surface area (Å²) in [4.78, 5) is 15.2. The van der Waals surface area contributed by atoms with E-state index in [2.05, 4.69) is 31.9 Å². The molecule has 5 heteroatoms. The number of aromatic hydroxyl groups is 1.